The highest BCUT2D eigenvalue weighted by atomic mass is 35.5. The van der Waals surface area contributed by atoms with E-state index in [9.17, 15) is 9.59 Å². The first-order valence-corrected chi connectivity index (χ1v) is 9.77. The molecule has 0 aliphatic carbocycles. The van der Waals surface area contributed by atoms with Gasteiger partial charge in [0.2, 0.25) is 11.8 Å². The van der Waals surface area contributed by atoms with Crippen molar-refractivity contribution < 1.29 is 9.59 Å². The SMILES string of the molecule is CCNC(=O)[C@H](CC)N(Cc1ccccc1)C(=O)Cc1c(Cl)cccc1Cl. The van der Waals surface area contributed by atoms with E-state index < -0.39 is 6.04 Å². The van der Waals surface area contributed by atoms with Gasteiger partial charge >= 0.3 is 0 Å². The second-order valence-corrected chi connectivity index (χ2v) is 7.02. The van der Waals surface area contributed by atoms with Crippen LogP contribution in [-0.2, 0) is 22.6 Å². The molecule has 27 heavy (non-hydrogen) atoms. The summed E-state index contributed by atoms with van der Waals surface area (Å²) in [6.45, 7) is 4.61. The van der Waals surface area contributed by atoms with E-state index in [0.717, 1.165) is 5.56 Å². The molecule has 2 aromatic rings. The predicted octanol–water partition coefficient (Wildman–Crippen LogP) is 4.48. The van der Waals surface area contributed by atoms with Crippen molar-refractivity contribution in [3.05, 3.63) is 69.7 Å². The van der Waals surface area contributed by atoms with Gasteiger partial charge < -0.3 is 10.2 Å². The van der Waals surface area contributed by atoms with E-state index in [-0.39, 0.29) is 18.2 Å². The Balaban J connectivity index is 2.32. The summed E-state index contributed by atoms with van der Waals surface area (Å²) in [5.74, 6) is -0.346. The van der Waals surface area contributed by atoms with Gasteiger partial charge in [-0.2, -0.15) is 0 Å². The van der Waals surface area contributed by atoms with E-state index >= 15 is 0 Å². The molecule has 0 aromatic heterocycles. The van der Waals surface area contributed by atoms with Gasteiger partial charge in [0, 0.05) is 23.1 Å². The fourth-order valence-corrected chi connectivity index (χ4v) is 3.48. The van der Waals surface area contributed by atoms with Crippen molar-refractivity contribution in [2.24, 2.45) is 0 Å². The standard InChI is InChI=1S/C21H24Cl2N2O2/c1-3-19(21(27)24-4-2)25(14-15-9-6-5-7-10-15)20(26)13-16-17(22)11-8-12-18(16)23/h5-12,19H,3-4,13-14H2,1-2H3,(H,24,27)/t19-/m0/s1. The lowest BCUT2D eigenvalue weighted by atomic mass is 10.1. The lowest BCUT2D eigenvalue weighted by Crippen LogP contribution is -2.49. The predicted molar refractivity (Wildman–Crippen MR) is 110 cm³/mol. The van der Waals surface area contributed by atoms with Gasteiger partial charge in [-0.1, -0.05) is 66.5 Å². The summed E-state index contributed by atoms with van der Waals surface area (Å²) in [6.07, 6.45) is 0.557. The Kier molecular flexibility index (Phi) is 8.14. The highest BCUT2D eigenvalue weighted by Crippen LogP contribution is 2.26. The van der Waals surface area contributed by atoms with Gasteiger partial charge in [-0.05, 0) is 36.6 Å². The van der Waals surface area contributed by atoms with Crippen LogP contribution >= 0.6 is 23.2 Å². The molecule has 0 spiro atoms. The van der Waals surface area contributed by atoms with Crippen LogP contribution in [0.5, 0.6) is 0 Å². The van der Waals surface area contributed by atoms with Crippen LogP contribution in [0.3, 0.4) is 0 Å². The topological polar surface area (TPSA) is 49.4 Å². The number of hydrogen-bond donors (Lipinski definition) is 1. The lowest BCUT2D eigenvalue weighted by Gasteiger charge is -2.31. The first-order chi connectivity index (χ1) is 13.0. The summed E-state index contributed by atoms with van der Waals surface area (Å²) in [7, 11) is 0. The molecule has 2 aromatic carbocycles. The molecule has 2 rings (SSSR count). The van der Waals surface area contributed by atoms with Gasteiger partial charge in [0.05, 0.1) is 6.42 Å². The Morgan fingerprint density at radius 3 is 2.19 bits per heavy atom. The fourth-order valence-electron chi connectivity index (χ4n) is 2.95. The molecule has 0 saturated heterocycles. The van der Waals surface area contributed by atoms with Crippen molar-refractivity contribution in [3.63, 3.8) is 0 Å². The molecule has 0 unspecified atom stereocenters. The molecule has 6 heteroatoms. The van der Waals surface area contributed by atoms with Crippen molar-refractivity contribution in [1.82, 2.24) is 10.2 Å². The molecule has 0 fully saturated rings. The third-order valence-electron chi connectivity index (χ3n) is 4.32. The zero-order chi connectivity index (χ0) is 19.8. The number of rotatable bonds is 8. The molecule has 0 saturated carbocycles. The first kappa shape index (κ1) is 21.3. The van der Waals surface area contributed by atoms with Crippen molar-refractivity contribution in [2.45, 2.75) is 39.3 Å². The maximum Gasteiger partial charge on any atom is 0.242 e. The zero-order valence-electron chi connectivity index (χ0n) is 15.5. The largest absolute Gasteiger partial charge is 0.355 e. The molecule has 0 aliphatic heterocycles. The molecule has 2 amide bonds. The highest BCUT2D eigenvalue weighted by molar-refractivity contribution is 6.36. The summed E-state index contributed by atoms with van der Waals surface area (Å²) >= 11 is 12.5. The minimum absolute atomic E-state index is 0.0429. The molecule has 4 nitrogen and oxygen atoms in total. The summed E-state index contributed by atoms with van der Waals surface area (Å²) in [5.41, 5.74) is 1.54. The minimum Gasteiger partial charge on any atom is -0.355 e. The fraction of sp³-hybridized carbons (Fsp3) is 0.333. The molecular formula is C21H24Cl2N2O2. The number of likely N-dealkylation sites (N-methyl/N-ethyl adjacent to an activating group) is 1. The molecular weight excluding hydrogens is 383 g/mol. The Hall–Kier alpha value is -2.04. The smallest absolute Gasteiger partial charge is 0.242 e. The van der Waals surface area contributed by atoms with Crippen molar-refractivity contribution in [2.75, 3.05) is 6.54 Å². The van der Waals surface area contributed by atoms with E-state index in [1.165, 1.54) is 0 Å². The molecule has 0 aliphatic rings. The third kappa shape index (κ3) is 5.72. The van der Waals surface area contributed by atoms with Gasteiger partial charge in [0.15, 0.2) is 0 Å². The van der Waals surface area contributed by atoms with Crippen molar-refractivity contribution >= 4 is 35.0 Å². The van der Waals surface area contributed by atoms with Crippen LogP contribution < -0.4 is 5.32 Å². The van der Waals surface area contributed by atoms with Gasteiger partial charge in [0.1, 0.15) is 6.04 Å². The average Bonchev–Trinajstić information content (AvgIpc) is 2.65. The van der Waals surface area contributed by atoms with Crippen molar-refractivity contribution in [1.29, 1.82) is 0 Å². The minimum atomic E-state index is -0.557. The van der Waals surface area contributed by atoms with Gasteiger partial charge in [0.25, 0.3) is 0 Å². The number of nitrogens with one attached hydrogen (secondary N) is 1. The van der Waals surface area contributed by atoms with Crippen LogP contribution in [0, 0.1) is 0 Å². The van der Waals surface area contributed by atoms with Crippen LogP contribution in [0.1, 0.15) is 31.4 Å². The first-order valence-electron chi connectivity index (χ1n) is 9.01. The van der Waals surface area contributed by atoms with Crippen LogP contribution in [0.2, 0.25) is 10.0 Å². The van der Waals surface area contributed by atoms with Crippen LogP contribution in [0.15, 0.2) is 48.5 Å². The summed E-state index contributed by atoms with van der Waals surface area (Å²) in [5, 5.41) is 3.71. The van der Waals surface area contributed by atoms with E-state index in [4.69, 9.17) is 23.2 Å². The number of benzene rings is 2. The Labute approximate surface area is 170 Å². The molecule has 144 valence electrons. The maximum absolute atomic E-state index is 13.2. The second kappa shape index (κ2) is 10.3. The molecule has 0 heterocycles. The summed E-state index contributed by atoms with van der Waals surface area (Å²) < 4.78 is 0. The Morgan fingerprint density at radius 1 is 1.00 bits per heavy atom. The third-order valence-corrected chi connectivity index (χ3v) is 5.03. The normalized spacial score (nSPS) is 11.7. The van der Waals surface area contributed by atoms with E-state index in [1.54, 1.807) is 23.1 Å². The Morgan fingerprint density at radius 2 is 1.63 bits per heavy atom. The number of carbonyl (C=O) groups is 2. The molecule has 0 bridgehead atoms. The second-order valence-electron chi connectivity index (χ2n) is 6.20. The maximum atomic E-state index is 13.2. The molecule has 0 radical (unpaired) electrons. The number of nitrogens with zero attached hydrogens (tertiary/aromatic N) is 1. The van der Waals surface area contributed by atoms with Crippen molar-refractivity contribution in [3.8, 4) is 0 Å². The van der Waals surface area contributed by atoms with E-state index in [0.29, 0.717) is 35.1 Å². The quantitative estimate of drug-likeness (QED) is 0.702. The average molecular weight is 407 g/mol. The zero-order valence-corrected chi connectivity index (χ0v) is 17.1. The van der Waals surface area contributed by atoms with Gasteiger partial charge in [-0.15, -0.1) is 0 Å². The van der Waals surface area contributed by atoms with Crippen LogP contribution in [-0.4, -0.2) is 29.3 Å². The molecule has 1 atom stereocenters. The van der Waals surface area contributed by atoms with E-state index in [2.05, 4.69) is 5.32 Å². The summed E-state index contributed by atoms with van der Waals surface area (Å²) in [6, 6.07) is 14.2. The monoisotopic (exact) mass is 406 g/mol. The van der Waals surface area contributed by atoms with Gasteiger partial charge in [-0.25, -0.2) is 0 Å². The van der Waals surface area contributed by atoms with Crippen LogP contribution in [0.4, 0.5) is 0 Å². The van der Waals surface area contributed by atoms with E-state index in [1.807, 2.05) is 44.2 Å². The molecule has 1 N–H and O–H groups in total. The number of hydrogen-bond acceptors (Lipinski definition) is 2. The lowest BCUT2D eigenvalue weighted by molar-refractivity contribution is -0.140. The number of amides is 2. The Bertz CT molecular complexity index is 761. The highest BCUT2D eigenvalue weighted by Gasteiger charge is 2.29. The number of carbonyl (C=O) groups excluding carboxylic acids is 2. The van der Waals surface area contributed by atoms with Crippen LogP contribution in [0.25, 0.3) is 0 Å². The summed E-state index contributed by atoms with van der Waals surface area (Å²) in [4.78, 5) is 27.3. The van der Waals surface area contributed by atoms with Gasteiger partial charge in [-0.3, -0.25) is 9.59 Å². The number of halogens is 2.